The van der Waals surface area contributed by atoms with Crippen molar-refractivity contribution in [2.75, 3.05) is 20.1 Å². The number of benzene rings is 1. The highest BCUT2D eigenvalue weighted by molar-refractivity contribution is 5.74. The lowest BCUT2D eigenvalue weighted by atomic mass is 9.81. The molecule has 1 aromatic heterocycles. The van der Waals surface area contributed by atoms with Crippen molar-refractivity contribution in [1.82, 2.24) is 14.9 Å². The maximum atomic E-state index is 11.1. The van der Waals surface area contributed by atoms with E-state index < -0.39 is 5.97 Å². The SMILES string of the molecule is CN1CCC(CC(=O)O)C(Cc2nc3ccccc3[nH]2)C1. The summed E-state index contributed by atoms with van der Waals surface area (Å²) in [6.07, 6.45) is 2.03. The zero-order chi connectivity index (χ0) is 14.8. The molecule has 2 heterocycles. The van der Waals surface area contributed by atoms with E-state index in [0.29, 0.717) is 5.92 Å². The molecule has 0 spiro atoms. The molecule has 112 valence electrons. The summed E-state index contributed by atoms with van der Waals surface area (Å²) in [4.78, 5) is 21.3. The van der Waals surface area contributed by atoms with Gasteiger partial charge in [-0.15, -0.1) is 0 Å². The zero-order valence-corrected chi connectivity index (χ0v) is 12.2. The van der Waals surface area contributed by atoms with Crippen molar-refractivity contribution >= 4 is 17.0 Å². The maximum Gasteiger partial charge on any atom is 0.303 e. The van der Waals surface area contributed by atoms with Gasteiger partial charge in [-0.2, -0.15) is 0 Å². The summed E-state index contributed by atoms with van der Waals surface area (Å²) in [5, 5.41) is 9.09. The molecular formula is C16H21N3O2. The minimum absolute atomic E-state index is 0.243. The van der Waals surface area contributed by atoms with Crippen LogP contribution in [0.2, 0.25) is 0 Å². The molecule has 2 unspecified atom stereocenters. The van der Waals surface area contributed by atoms with Crippen molar-refractivity contribution in [3.8, 4) is 0 Å². The molecule has 0 aliphatic carbocycles. The number of fused-ring (bicyclic) bond motifs is 1. The average Bonchev–Trinajstić information content (AvgIpc) is 2.83. The molecule has 2 N–H and O–H groups in total. The Labute approximate surface area is 124 Å². The summed E-state index contributed by atoms with van der Waals surface area (Å²) in [5.74, 6) is 0.860. The van der Waals surface area contributed by atoms with E-state index in [0.717, 1.165) is 42.8 Å². The number of carbonyl (C=O) groups is 1. The molecule has 3 rings (SSSR count). The molecule has 21 heavy (non-hydrogen) atoms. The number of H-pyrrole nitrogens is 1. The van der Waals surface area contributed by atoms with Crippen LogP contribution in [0.5, 0.6) is 0 Å². The number of nitrogens with one attached hydrogen (secondary N) is 1. The Hall–Kier alpha value is -1.88. The number of hydrogen-bond donors (Lipinski definition) is 2. The number of piperidine rings is 1. The molecule has 0 saturated carbocycles. The van der Waals surface area contributed by atoms with Crippen LogP contribution in [0.25, 0.3) is 11.0 Å². The minimum atomic E-state index is -0.695. The molecule has 0 radical (unpaired) electrons. The summed E-state index contributed by atoms with van der Waals surface area (Å²) in [6.45, 7) is 1.92. The van der Waals surface area contributed by atoms with Crippen LogP contribution in [0.15, 0.2) is 24.3 Å². The van der Waals surface area contributed by atoms with Crippen LogP contribution in [0.3, 0.4) is 0 Å². The molecule has 2 atom stereocenters. The van der Waals surface area contributed by atoms with Crippen LogP contribution in [-0.4, -0.2) is 46.1 Å². The van der Waals surface area contributed by atoms with E-state index in [4.69, 9.17) is 5.11 Å². The highest BCUT2D eigenvalue weighted by Crippen LogP contribution is 2.28. The average molecular weight is 287 g/mol. The number of aromatic nitrogens is 2. The van der Waals surface area contributed by atoms with Crippen LogP contribution in [0.1, 0.15) is 18.7 Å². The van der Waals surface area contributed by atoms with E-state index in [2.05, 4.69) is 21.9 Å². The van der Waals surface area contributed by atoms with Crippen LogP contribution in [-0.2, 0) is 11.2 Å². The summed E-state index contributed by atoms with van der Waals surface area (Å²) < 4.78 is 0. The number of aliphatic carboxylic acids is 1. The van der Waals surface area contributed by atoms with Gasteiger partial charge in [0.25, 0.3) is 0 Å². The van der Waals surface area contributed by atoms with Crippen molar-refractivity contribution < 1.29 is 9.90 Å². The van der Waals surface area contributed by atoms with E-state index in [1.807, 2.05) is 24.3 Å². The molecule has 5 nitrogen and oxygen atoms in total. The monoisotopic (exact) mass is 287 g/mol. The van der Waals surface area contributed by atoms with Crippen LogP contribution in [0.4, 0.5) is 0 Å². The number of imidazole rings is 1. The normalized spacial score (nSPS) is 23.5. The Kier molecular flexibility index (Phi) is 3.92. The van der Waals surface area contributed by atoms with Gasteiger partial charge in [0.05, 0.1) is 11.0 Å². The second kappa shape index (κ2) is 5.85. The molecule has 5 heteroatoms. The first-order valence-corrected chi connectivity index (χ1v) is 7.46. The first-order chi connectivity index (χ1) is 10.1. The van der Waals surface area contributed by atoms with Crippen LogP contribution < -0.4 is 0 Å². The molecular weight excluding hydrogens is 266 g/mol. The fourth-order valence-electron chi connectivity index (χ4n) is 3.34. The third kappa shape index (κ3) is 3.24. The Bertz CT molecular complexity index is 604. The van der Waals surface area contributed by atoms with Crippen molar-refractivity contribution in [2.24, 2.45) is 11.8 Å². The zero-order valence-electron chi connectivity index (χ0n) is 12.2. The Morgan fingerprint density at radius 1 is 1.43 bits per heavy atom. The number of nitrogens with zero attached hydrogens (tertiary/aromatic N) is 2. The molecule has 1 aliphatic heterocycles. The van der Waals surface area contributed by atoms with Crippen molar-refractivity contribution in [1.29, 1.82) is 0 Å². The van der Waals surface area contributed by atoms with Crippen LogP contribution >= 0.6 is 0 Å². The number of aromatic amines is 1. The molecule has 1 aromatic carbocycles. The number of rotatable bonds is 4. The molecule has 0 amide bonds. The molecule has 2 aromatic rings. The quantitative estimate of drug-likeness (QED) is 0.904. The second-order valence-electron chi connectivity index (χ2n) is 6.07. The van der Waals surface area contributed by atoms with Gasteiger partial charge in [0.1, 0.15) is 5.82 Å². The van der Waals surface area contributed by atoms with Gasteiger partial charge in [0.2, 0.25) is 0 Å². The number of para-hydroxylation sites is 2. The molecule has 0 bridgehead atoms. The third-order valence-corrected chi connectivity index (χ3v) is 4.43. The van der Waals surface area contributed by atoms with Gasteiger partial charge < -0.3 is 15.0 Å². The van der Waals surface area contributed by atoms with Gasteiger partial charge in [-0.1, -0.05) is 12.1 Å². The van der Waals surface area contributed by atoms with E-state index in [9.17, 15) is 4.79 Å². The Morgan fingerprint density at radius 3 is 3.00 bits per heavy atom. The minimum Gasteiger partial charge on any atom is -0.481 e. The van der Waals surface area contributed by atoms with E-state index in [1.165, 1.54) is 0 Å². The van der Waals surface area contributed by atoms with Crippen LogP contribution in [0, 0.1) is 11.8 Å². The fraction of sp³-hybridized carbons (Fsp3) is 0.500. The number of carboxylic acids is 1. The van der Waals surface area contributed by atoms with Gasteiger partial charge in [-0.25, -0.2) is 4.98 Å². The molecule has 1 fully saturated rings. The lowest BCUT2D eigenvalue weighted by molar-refractivity contribution is -0.139. The lowest BCUT2D eigenvalue weighted by Gasteiger charge is -2.35. The topological polar surface area (TPSA) is 69.2 Å². The lowest BCUT2D eigenvalue weighted by Crippen LogP contribution is -2.40. The fourth-order valence-corrected chi connectivity index (χ4v) is 3.34. The summed E-state index contributed by atoms with van der Waals surface area (Å²) >= 11 is 0. The predicted octanol–water partition coefficient (Wildman–Crippen LogP) is 2.15. The summed E-state index contributed by atoms with van der Waals surface area (Å²) in [6, 6.07) is 7.99. The summed E-state index contributed by atoms with van der Waals surface area (Å²) in [5.41, 5.74) is 2.03. The number of carboxylic acid groups (broad SMARTS) is 1. The van der Waals surface area contributed by atoms with E-state index in [1.54, 1.807) is 0 Å². The third-order valence-electron chi connectivity index (χ3n) is 4.43. The largest absolute Gasteiger partial charge is 0.481 e. The smallest absolute Gasteiger partial charge is 0.303 e. The Morgan fingerprint density at radius 2 is 2.24 bits per heavy atom. The van der Waals surface area contributed by atoms with Gasteiger partial charge in [-0.3, -0.25) is 4.79 Å². The number of hydrogen-bond acceptors (Lipinski definition) is 3. The van der Waals surface area contributed by atoms with Gasteiger partial charge in [0, 0.05) is 19.4 Å². The highest BCUT2D eigenvalue weighted by Gasteiger charge is 2.30. The van der Waals surface area contributed by atoms with Gasteiger partial charge in [0.15, 0.2) is 0 Å². The van der Waals surface area contributed by atoms with E-state index >= 15 is 0 Å². The van der Waals surface area contributed by atoms with Crippen molar-refractivity contribution in [2.45, 2.75) is 19.3 Å². The standard InChI is InChI=1S/C16H21N3O2/c1-19-7-6-11(9-16(20)21)12(10-19)8-15-17-13-4-2-3-5-14(13)18-15/h2-5,11-12H,6-10H2,1H3,(H,17,18)(H,20,21). The molecule has 1 aliphatic rings. The van der Waals surface area contributed by atoms with Gasteiger partial charge >= 0.3 is 5.97 Å². The molecule has 1 saturated heterocycles. The van der Waals surface area contributed by atoms with E-state index in [-0.39, 0.29) is 12.3 Å². The first-order valence-electron chi connectivity index (χ1n) is 7.46. The Balaban J connectivity index is 1.77. The predicted molar refractivity (Wildman–Crippen MR) is 81.1 cm³/mol. The maximum absolute atomic E-state index is 11.1. The summed E-state index contributed by atoms with van der Waals surface area (Å²) in [7, 11) is 2.10. The second-order valence-corrected chi connectivity index (χ2v) is 6.07. The van der Waals surface area contributed by atoms with Crippen molar-refractivity contribution in [3.05, 3.63) is 30.1 Å². The highest BCUT2D eigenvalue weighted by atomic mass is 16.4. The first kappa shape index (κ1) is 14.1. The number of likely N-dealkylation sites (tertiary alicyclic amines) is 1. The van der Waals surface area contributed by atoms with Gasteiger partial charge in [-0.05, 0) is 44.0 Å². The van der Waals surface area contributed by atoms with Crippen molar-refractivity contribution in [3.63, 3.8) is 0 Å².